The zero-order valence-corrected chi connectivity index (χ0v) is 11.4. The Morgan fingerprint density at radius 2 is 1.72 bits per heavy atom. The first-order valence-corrected chi connectivity index (χ1v) is 6.30. The second kappa shape index (κ2) is 5.61. The van der Waals surface area contributed by atoms with Crippen LogP contribution in [0.3, 0.4) is 0 Å². The summed E-state index contributed by atoms with van der Waals surface area (Å²) in [5, 5.41) is 1.07. The molecule has 4 heteroatoms. The average Bonchev–Trinajstić information content (AvgIpc) is 2.33. The van der Waals surface area contributed by atoms with Gasteiger partial charge >= 0.3 is 0 Å². The zero-order chi connectivity index (χ0) is 13.1. The maximum atomic E-state index is 6.03. The Labute approximate surface area is 116 Å². The second-order valence-electron chi connectivity index (χ2n) is 4.03. The van der Waals surface area contributed by atoms with Crippen LogP contribution in [-0.2, 0) is 0 Å². The van der Waals surface area contributed by atoms with Crippen molar-refractivity contribution < 1.29 is 4.74 Å². The number of nitrogens with two attached hydrogens (primary N) is 1. The fraction of sp³-hybridized carbons (Fsp3) is 0.143. The van der Waals surface area contributed by atoms with E-state index in [1.54, 1.807) is 18.2 Å². The molecule has 94 valence electrons. The Balaban J connectivity index is 2.18. The molecule has 0 saturated carbocycles. The molecule has 0 fully saturated rings. The standard InChI is InChI=1S/C14H13Cl2NO/c1-9(17)10-2-5-12(6-3-10)18-14-7-4-11(15)8-13(14)16/h2-9H,17H2,1H3/t9-/m0/s1. The van der Waals surface area contributed by atoms with Crippen LogP contribution in [-0.4, -0.2) is 0 Å². The van der Waals surface area contributed by atoms with Crippen LogP contribution in [0.15, 0.2) is 42.5 Å². The average molecular weight is 282 g/mol. The summed E-state index contributed by atoms with van der Waals surface area (Å²) in [6.45, 7) is 1.94. The molecule has 2 nitrogen and oxygen atoms in total. The van der Waals surface area contributed by atoms with Crippen LogP contribution in [0.1, 0.15) is 18.5 Å². The Kier molecular flexibility index (Phi) is 4.12. The molecule has 18 heavy (non-hydrogen) atoms. The normalized spacial score (nSPS) is 12.2. The maximum absolute atomic E-state index is 6.03. The highest BCUT2D eigenvalue weighted by Gasteiger charge is 2.05. The van der Waals surface area contributed by atoms with E-state index in [0.717, 1.165) is 5.56 Å². The summed E-state index contributed by atoms with van der Waals surface area (Å²) in [6.07, 6.45) is 0. The SMILES string of the molecule is C[C@H](N)c1ccc(Oc2ccc(Cl)cc2Cl)cc1. The smallest absolute Gasteiger partial charge is 0.146 e. The molecule has 0 radical (unpaired) electrons. The Morgan fingerprint density at radius 1 is 1.06 bits per heavy atom. The molecular weight excluding hydrogens is 269 g/mol. The quantitative estimate of drug-likeness (QED) is 0.877. The second-order valence-corrected chi connectivity index (χ2v) is 4.88. The Bertz CT molecular complexity index is 538. The van der Waals surface area contributed by atoms with Gasteiger partial charge in [-0.1, -0.05) is 35.3 Å². The van der Waals surface area contributed by atoms with E-state index in [1.165, 1.54) is 0 Å². The topological polar surface area (TPSA) is 35.2 Å². The first-order chi connectivity index (χ1) is 8.56. The highest BCUT2D eigenvalue weighted by Crippen LogP contribution is 2.31. The van der Waals surface area contributed by atoms with E-state index in [1.807, 2.05) is 31.2 Å². The summed E-state index contributed by atoms with van der Waals surface area (Å²) in [7, 11) is 0. The molecule has 0 amide bonds. The predicted molar refractivity (Wildman–Crippen MR) is 75.6 cm³/mol. The lowest BCUT2D eigenvalue weighted by Gasteiger charge is -2.10. The van der Waals surface area contributed by atoms with Gasteiger partial charge in [0.05, 0.1) is 5.02 Å². The van der Waals surface area contributed by atoms with Gasteiger partial charge in [-0.3, -0.25) is 0 Å². The molecule has 0 aliphatic heterocycles. The van der Waals surface area contributed by atoms with Crippen LogP contribution in [0.2, 0.25) is 10.0 Å². The minimum Gasteiger partial charge on any atom is -0.456 e. The van der Waals surface area contributed by atoms with E-state index in [-0.39, 0.29) is 6.04 Å². The van der Waals surface area contributed by atoms with Gasteiger partial charge in [-0.2, -0.15) is 0 Å². The number of hydrogen-bond acceptors (Lipinski definition) is 2. The van der Waals surface area contributed by atoms with Crippen LogP contribution in [0, 0.1) is 0 Å². The fourth-order valence-corrected chi connectivity index (χ4v) is 1.97. The van der Waals surface area contributed by atoms with Gasteiger partial charge < -0.3 is 10.5 Å². The van der Waals surface area contributed by atoms with Crippen LogP contribution < -0.4 is 10.5 Å². The summed E-state index contributed by atoms with van der Waals surface area (Å²) in [6, 6.07) is 12.7. The fourth-order valence-electron chi connectivity index (χ4n) is 1.52. The van der Waals surface area contributed by atoms with Crippen molar-refractivity contribution in [3.8, 4) is 11.5 Å². The van der Waals surface area contributed by atoms with Crippen molar-refractivity contribution in [2.24, 2.45) is 5.73 Å². The van der Waals surface area contributed by atoms with E-state index >= 15 is 0 Å². The van der Waals surface area contributed by atoms with Gasteiger partial charge in [0, 0.05) is 11.1 Å². The largest absolute Gasteiger partial charge is 0.456 e. The van der Waals surface area contributed by atoms with E-state index in [0.29, 0.717) is 21.5 Å². The van der Waals surface area contributed by atoms with Crippen molar-refractivity contribution >= 4 is 23.2 Å². The van der Waals surface area contributed by atoms with Gasteiger partial charge in [-0.25, -0.2) is 0 Å². The molecule has 0 spiro atoms. The molecule has 2 N–H and O–H groups in total. The molecule has 0 aliphatic carbocycles. The van der Waals surface area contributed by atoms with Crippen LogP contribution >= 0.6 is 23.2 Å². The van der Waals surface area contributed by atoms with Crippen LogP contribution in [0.5, 0.6) is 11.5 Å². The number of benzene rings is 2. The first-order valence-electron chi connectivity index (χ1n) is 5.54. The number of ether oxygens (including phenoxy) is 1. The minimum atomic E-state index is 0.0122. The Morgan fingerprint density at radius 3 is 2.28 bits per heavy atom. The number of rotatable bonds is 3. The van der Waals surface area contributed by atoms with Gasteiger partial charge in [0.15, 0.2) is 0 Å². The van der Waals surface area contributed by atoms with Crippen LogP contribution in [0.4, 0.5) is 0 Å². The molecule has 0 bridgehead atoms. The first kappa shape index (κ1) is 13.2. The molecule has 0 saturated heterocycles. The molecule has 0 heterocycles. The summed E-state index contributed by atoms with van der Waals surface area (Å²) >= 11 is 11.9. The van der Waals surface area contributed by atoms with Gasteiger partial charge in [0.1, 0.15) is 11.5 Å². The maximum Gasteiger partial charge on any atom is 0.146 e. The molecule has 2 rings (SSSR count). The molecule has 2 aromatic rings. The van der Waals surface area contributed by atoms with Gasteiger partial charge in [-0.15, -0.1) is 0 Å². The summed E-state index contributed by atoms with van der Waals surface area (Å²) < 4.78 is 5.67. The van der Waals surface area contributed by atoms with E-state index in [2.05, 4.69) is 0 Å². The Hall–Kier alpha value is -1.22. The zero-order valence-electron chi connectivity index (χ0n) is 9.86. The third-order valence-electron chi connectivity index (χ3n) is 2.53. The van der Waals surface area contributed by atoms with E-state index < -0.39 is 0 Å². The number of halogens is 2. The van der Waals surface area contributed by atoms with Crippen molar-refractivity contribution in [3.05, 3.63) is 58.1 Å². The molecule has 1 atom stereocenters. The van der Waals surface area contributed by atoms with Crippen molar-refractivity contribution in [2.75, 3.05) is 0 Å². The monoisotopic (exact) mass is 281 g/mol. The highest BCUT2D eigenvalue weighted by atomic mass is 35.5. The minimum absolute atomic E-state index is 0.0122. The predicted octanol–water partition coefficient (Wildman–Crippen LogP) is 4.81. The van der Waals surface area contributed by atoms with E-state index in [9.17, 15) is 0 Å². The van der Waals surface area contributed by atoms with Gasteiger partial charge in [0.25, 0.3) is 0 Å². The lowest BCUT2D eigenvalue weighted by atomic mass is 10.1. The van der Waals surface area contributed by atoms with E-state index in [4.69, 9.17) is 33.7 Å². The van der Waals surface area contributed by atoms with Gasteiger partial charge in [0.2, 0.25) is 0 Å². The lowest BCUT2D eigenvalue weighted by Crippen LogP contribution is -2.04. The third-order valence-corrected chi connectivity index (χ3v) is 3.06. The lowest BCUT2D eigenvalue weighted by molar-refractivity contribution is 0.482. The molecule has 2 aromatic carbocycles. The van der Waals surface area contributed by atoms with Gasteiger partial charge in [-0.05, 0) is 42.8 Å². The van der Waals surface area contributed by atoms with Crippen molar-refractivity contribution in [2.45, 2.75) is 13.0 Å². The van der Waals surface area contributed by atoms with Crippen molar-refractivity contribution in [1.29, 1.82) is 0 Å². The van der Waals surface area contributed by atoms with Crippen molar-refractivity contribution in [1.82, 2.24) is 0 Å². The summed E-state index contributed by atoms with van der Waals surface area (Å²) in [5.74, 6) is 1.29. The number of hydrogen-bond donors (Lipinski definition) is 1. The highest BCUT2D eigenvalue weighted by molar-refractivity contribution is 6.35. The molecule has 0 aliphatic rings. The van der Waals surface area contributed by atoms with Crippen LogP contribution in [0.25, 0.3) is 0 Å². The molecular formula is C14H13Cl2NO. The third kappa shape index (κ3) is 3.16. The summed E-state index contributed by atoms with van der Waals surface area (Å²) in [5.41, 5.74) is 6.84. The molecule has 0 aromatic heterocycles. The van der Waals surface area contributed by atoms with Crippen molar-refractivity contribution in [3.63, 3.8) is 0 Å². The summed E-state index contributed by atoms with van der Waals surface area (Å²) in [4.78, 5) is 0. The molecule has 0 unspecified atom stereocenters.